The van der Waals surface area contributed by atoms with Crippen molar-refractivity contribution in [2.45, 2.75) is 19.0 Å². The number of anilines is 1. The second-order valence-electron chi connectivity index (χ2n) is 8.27. The standard InChI is InChI=1S/C28H24FN3O4/c29-21-10-8-20(9-11-21)26(34)23-14-15-25(33)32(27(23)30)22-12-6-19(7-13-22)17-31-24(28(35)36)16-18-4-2-1-3-5-18/h1-15,24,31H,16-17,30H2,(H,35,36)/t24-/m0/s1. The van der Waals surface area contributed by atoms with E-state index < -0.39 is 29.2 Å². The number of pyridine rings is 1. The van der Waals surface area contributed by atoms with Crippen molar-refractivity contribution in [3.8, 4) is 5.69 Å². The number of nitrogens with zero attached hydrogens (tertiary/aromatic N) is 1. The predicted molar refractivity (Wildman–Crippen MR) is 135 cm³/mol. The van der Waals surface area contributed by atoms with Gasteiger partial charge in [-0.3, -0.25) is 19.0 Å². The smallest absolute Gasteiger partial charge is 0.321 e. The summed E-state index contributed by atoms with van der Waals surface area (Å²) < 4.78 is 14.5. The second-order valence-corrected chi connectivity index (χ2v) is 8.27. The van der Waals surface area contributed by atoms with Crippen molar-refractivity contribution < 1.29 is 19.1 Å². The maximum absolute atomic E-state index is 13.2. The minimum absolute atomic E-state index is 0.0310. The maximum atomic E-state index is 13.2. The number of hydrogen-bond acceptors (Lipinski definition) is 5. The number of ketones is 1. The molecule has 1 atom stereocenters. The van der Waals surface area contributed by atoms with Gasteiger partial charge >= 0.3 is 5.97 Å². The third-order valence-electron chi connectivity index (χ3n) is 5.81. The first-order valence-electron chi connectivity index (χ1n) is 11.2. The Morgan fingerprint density at radius 1 is 0.889 bits per heavy atom. The lowest BCUT2D eigenvalue weighted by atomic mass is 10.0. The molecule has 0 spiro atoms. The van der Waals surface area contributed by atoms with E-state index in [1.54, 1.807) is 24.3 Å². The minimum atomic E-state index is -0.947. The molecule has 0 saturated heterocycles. The van der Waals surface area contributed by atoms with Gasteiger partial charge in [-0.25, -0.2) is 4.39 Å². The molecule has 3 aromatic carbocycles. The summed E-state index contributed by atoms with van der Waals surface area (Å²) in [5.74, 6) is -1.87. The van der Waals surface area contributed by atoms with Crippen LogP contribution < -0.4 is 16.6 Å². The molecule has 0 aliphatic rings. The average Bonchev–Trinajstić information content (AvgIpc) is 2.88. The highest BCUT2D eigenvalue weighted by Crippen LogP contribution is 2.19. The number of nitrogen functional groups attached to an aromatic ring is 1. The Labute approximate surface area is 206 Å². The number of aromatic nitrogens is 1. The molecule has 36 heavy (non-hydrogen) atoms. The summed E-state index contributed by atoms with van der Waals surface area (Å²) in [6, 6.07) is 23.1. The van der Waals surface area contributed by atoms with E-state index in [0.29, 0.717) is 18.7 Å². The highest BCUT2D eigenvalue weighted by Gasteiger charge is 2.18. The van der Waals surface area contributed by atoms with E-state index >= 15 is 0 Å². The molecule has 4 rings (SSSR count). The van der Waals surface area contributed by atoms with Crippen LogP contribution in [0.25, 0.3) is 5.69 Å². The van der Waals surface area contributed by atoms with Gasteiger partial charge in [0.15, 0.2) is 5.78 Å². The summed E-state index contributed by atoms with van der Waals surface area (Å²) in [7, 11) is 0. The summed E-state index contributed by atoms with van der Waals surface area (Å²) in [4.78, 5) is 37.2. The van der Waals surface area contributed by atoms with Gasteiger partial charge < -0.3 is 16.2 Å². The molecule has 0 aliphatic carbocycles. The van der Waals surface area contributed by atoms with Crippen LogP contribution in [-0.2, 0) is 17.8 Å². The van der Waals surface area contributed by atoms with Crippen molar-refractivity contribution in [1.82, 2.24) is 9.88 Å². The third-order valence-corrected chi connectivity index (χ3v) is 5.81. The molecule has 7 nitrogen and oxygen atoms in total. The maximum Gasteiger partial charge on any atom is 0.321 e. The van der Waals surface area contributed by atoms with Crippen LogP contribution in [0.4, 0.5) is 10.2 Å². The van der Waals surface area contributed by atoms with Gasteiger partial charge in [-0.2, -0.15) is 0 Å². The first kappa shape index (κ1) is 24.6. The largest absolute Gasteiger partial charge is 0.480 e. The van der Waals surface area contributed by atoms with Crippen molar-refractivity contribution in [3.05, 3.63) is 129 Å². The van der Waals surface area contributed by atoms with Crippen molar-refractivity contribution in [2.75, 3.05) is 5.73 Å². The van der Waals surface area contributed by atoms with Crippen molar-refractivity contribution in [3.63, 3.8) is 0 Å². The predicted octanol–water partition coefficient (Wildman–Crippen LogP) is 3.58. The molecule has 0 unspecified atom stereocenters. The number of benzene rings is 3. The summed E-state index contributed by atoms with van der Waals surface area (Å²) in [6.07, 6.45) is 0.342. The highest BCUT2D eigenvalue weighted by molar-refractivity contribution is 6.11. The van der Waals surface area contributed by atoms with E-state index in [9.17, 15) is 23.9 Å². The molecular formula is C28H24FN3O4. The minimum Gasteiger partial charge on any atom is -0.480 e. The molecule has 1 aromatic heterocycles. The van der Waals surface area contributed by atoms with Crippen LogP contribution in [0.5, 0.6) is 0 Å². The van der Waals surface area contributed by atoms with Crippen LogP contribution in [0.1, 0.15) is 27.0 Å². The number of rotatable bonds is 9. The fourth-order valence-electron chi connectivity index (χ4n) is 3.87. The second kappa shape index (κ2) is 10.8. The fourth-order valence-corrected chi connectivity index (χ4v) is 3.87. The molecule has 0 amide bonds. The van der Waals surface area contributed by atoms with Crippen molar-refractivity contribution in [2.24, 2.45) is 0 Å². The van der Waals surface area contributed by atoms with E-state index in [2.05, 4.69) is 5.32 Å². The number of aliphatic carboxylic acids is 1. The van der Waals surface area contributed by atoms with E-state index in [4.69, 9.17) is 5.73 Å². The molecule has 0 aliphatic heterocycles. The molecular weight excluding hydrogens is 461 g/mol. The average molecular weight is 486 g/mol. The Morgan fingerprint density at radius 3 is 2.19 bits per heavy atom. The summed E-state index contributed by atoms with van der Waals surface area (Å²) in [6.45, 7) is 0.303. The molecule has 1 heterocycles. The Hall–Kier alpha value is -4.56. The van der Waals surface area contributed by atoms with Gasteiger partial charge in [0.2, 0.25) is 0 Å². The van der Waals surface area contributed by atoms with Gasteiger partial charge in [0.05, 0.1) is 11.3 Å². The Kier molecular flexibility index (Phi) is 7.36. The van der Waals surface area contributed by atoms with Gasteiger partial charge in [0.25, 0.3) is 5.56 Å². The number of carbonyl (C=O) groups excluding carboxylic acids is 1. The van der Waals surface area contributed by atoms with E-state index in [-0.39, 0.29) is 16.9 Å². The Morgan fingerprint density at radius 2 is 1.56 bits per heavy atom. The lowest BCUT2D eigenvalue weighted by molar-refractivity contribution is -0.139. The summed E-state index contributed by atoms with van der Waals surface area (Å²) in [5.41, 5.74) is 8.35. The Balaban J connectivity index is 1.52. The van der Waals surface area contributed by atoms with Crippen molar-refractivity contribution in [1.29, 1.82) is 0 Å². The van der Waals surface area contributed by atoms with Crippen LogP contribution in [0, 0.1) is 5.82 Å². The number of carbonyl (C=O) groups is 2. The zero-order valence-electron chi connectivity index (χ0n) is 19.2. The lowest BCUT2D eigenvalue weighted by Gasteiger charge is -2.16. The van der Waals surface area contributed by atoms with Crippen molar-refractivity contribution >= 4 is 17.6 Å². The zero-order valence-corrected chi connectivity index (χ0v) is 19.2. The molecule has 0 fully saturated rings. The van der Waals surface area contributed by atoms with Gasteiger partial charge in [0, 0.05) is 18.2 Å². The van der Waals surface area contributed by atoms with Crippen LogP contribution in [-0.4, -0.2) is 27.5 Å². The first-order valence-corrected chi connectivity index (χ1v) is 11.2. The van der Waals surface area contributed by atoms with Gasteiger partial charge in [0.1, 0.15) is 17.7 Å². The number of carboxylic acid groups (broad SMARTS) is 1. The lowest BCUT2D eigenvalue weighted by Crippen LogP contribution is -2.38. The SMILES string of the molecule is Nc1c(C(=O)c2ccc(F)cc2)ccc(=O)n1-c1ccc(CN[C@@H](Cc2ccccc2)C(=O)O)cc1. The number of carboxylic acids is 1. The van der Waals surface area contributed by atoms with E-state index in [1.807, 2.05) is 30.3 Å². The van der Waals surface area contributed by atoms with Gasteiger partial charge in [-0.15, -0.1) is 0 Å². The van der Waals surface area contributed by atoms with E-state index in [0.717, 1.165) is 11.1 Å². The highest BCUT2D eigenvalue weighted by atomic mass is 19.1. The van der Waals surface area contributed by atoms with Crippen LogP contribution in [0.3, 0.4) is 0 Å². The zero-order chi connectivity index (χ0) is 25.7. The normalized spacial score (nSPS) is 11.7. The van der Waals surface area contributed by atoms with Crippen LogP contribution in [0.2, 0.25) is 0 Å². The Bertz CT molecular complexity index is 1430. The number of halogens is 1. The van der Waals surface area contributed by atoms with Gasteiger partial charge in [-0.1, -0.05) is 42.5 Å². The van der Waals surface area contributed by atoms with E-state index in [1.165, 1.54) is 41.0 Å². The van der Waals surface area contributed by atoms with Crippen LogP contribution in [0.15, 0.2) is 95.8 Å². The summed E-state index contributed by atoms with van der Waals surface area (Å²) in [5, 5.41) is 12.6. The number of nitrogens with one attached hydrogen (secondary N) is 1. The number of hydrogen-bond donors (Lipinski definition) is 3. The molecule has 182 valence electrons. The topological polar surface area (TPSA) is 114 Å². The van der Waals surface area contributed by atoms with Crippen LogP contribution >= 0.6 is 0 Å². The molecule has 4 N–H and O–H groups in total. The molecule has 0 saturated carbocycles. The third kappa shape index (κ3) is 5.56. The molecule has 0 bridgehead atoms. The molecule has 4 aromatic rings. The quantitative estimate of drug-likeness (QED) is 0.312. The summed E-state index contributed by atoms with van der Waals surface area (Å²) >= 11 is 0. The van der Waals surface area contributed by atoms with Gasteiger partial charge in [-0.05, 0) is 60.0 Å². The molecule has 8 heteroatoms. The molecule has 0 radical (unpaired) electrons. The number of nitrogens with two attached hydrogens (primary N) is 1. The first-order chi connectivity index (χ1) is 17.3. The monoisotopic (exact) mass is 485 g/mol. The fraction of sp³-hybridized carbons (Fsp3) is 0.107.